The molecule has 0 saturated heterocycles. The summed E-state index contributed by atoms with van der Waals surface area (Å²) >= 11 is 2.41. The number of aryl methyl sites for hydroxylation is 1. The number of rotatable bonds is 2. The molecule has 0 fully saturated rings. The summed E-state index contributed by atoms with van der Waals surface area (Å²) in [5.41, 5.74) is 7.07. The molecule has 0 amide bonds. The van der Waals surface area contributed by atoms with Gasteiger partial charge in [-0.3, -0.25) is 0 Å². The van der Waals surface area contributed by atoms with Crippen molar-refractivity contribution in [3.63, 3.8) is 0 Å². The zero-order valence-corrected chi connectivity index (χ0v) is 11.7. The highest BCUT2D eigenvalue weighted by atomic mass is 127. The third kappa shape index (κ3) is 1.82. The van der Waals surface area contributed by atoms with Crippen LogP contribution in [0.25, 0.3) is 11.6 Å². The van der Waals surface area contributed by atoms with Gasteiger partial charge in [-0.1, -0.05) is 30.9 Å². The van der Waals surface area contributed by atoms with Crippen molar-refractivity contribution < 1.29 is 0 Å². The number of benzene rings is 1. The van der Waals surface area contributed by atoms with Crippen molar-refractivity contribution in [3.8, 4) is 0 Å². The summed E-state index contributed by atoms with van der Waals surface area (Å²) in [4.78, 5) is 0. The van der Waals surface area contributed by atoms with Crippen molar-refractivity contribution in [2.24, 2.45) is 0 Å². The van der Waals surface area contributed by atoms with Crippen molar-refractivity contribution in [1.29, 1.82) is 0 Å². The molecule has 0 heterocycles. The van der Waals surface area contributed by atoms with E-state index >= 15 is 0 Å². The van der Waals surface area contributed by atoms with Gasteiger partial charge in [0, 0.05) is 3.57 Å². The summed E-state index contributed by atoms with van der Waals surface area (Å²) in [6.07, 6.45) is 13.0. The molecule has 1 heteroatoms. The molecule has 2 aliphatic rings. The van der Waals surface area contributed by atoms with E-state index in [9.17, 15) is 0 Å². The lowest BCUT2D eigenvalue weighted by atomic mass is 9.89. The van der Waals surface area contributed by atoms with Crippen LogP contribution in [0.5, 0.6) is 0 Å². The summed E-state index contributed by atoms with van der Waals surface area (Å²) in [7, 11) is 0. The number of hydrogen-bond acceptors (Lipinski definition) is 0. The molecule has 0 unspecified atom stereocenters. The third-order valence-corrected chi connectivity index (χ3v) is 3.90. The van der Waals surface area contributed by atoms with Crippen LogP contribution in [0, 0.1) is 3.57 Å². The second kappa shape index (κ2) is 4.30. The predicted molar refractivity (Wildman–Crippen MR) is 82.8 cm³/mol. The second-order valence-corrected chi connectivity index (χ2v) is 5.63. The molecule has 0 saturated carbocycles. The quantitative estimate of drug-likeness (QED) is 0.541. The van der Waals surface area contributed by atoms with Crippen LogP contribution in [-0.2, 0) is 6.42 Å². The molecular formula is C16H13I. The van der Waals surface area contributed by atoms with Crippen LogP contribution in [0.15, 0.2) is 48.6 Å². The molecule has 0 N–H and O–H groups in total. The fourth-order valence-corrected chi connectivity index (χ4v) is 3.33. The van der Waals surface area contributed by atoms with E-state index in [-0.39, 0.29) is 0 Å². The van der Waals surface area contributed by atoms with Crippen LogP contribution in [0.1, 0.15) is 23.1 Å². The van der Waals surface area contributed by atoms with Gasteiger partial charge in [-0.05, 0) is 81.5 Å². The zero-order valence-electron chi connectivity index (χ0n) is 9.54. The van der Waals surface area contributed by atoms with Crippen LogP contribution >= 0.6 is 22.6 Å². The van der Waals surface area contributed by atoms with Crippen molar-refractivity contribution in [1.82, 2.24) is 0 Å². The Labute approximate surface area is 116 Å². The molecule has 0 aromatic heterocycles. The van der Waals surface area contributed by atoms with E-state index in [2.05, 4.69) is 59.5 Å². The van der Waals surface area contributed by atoms with Crippen molar-refractivity contribution in [3.05, 3.63) is 68.8 Å². The topological polar surface area (TPSA) is 0 Å². The lowest BCUT2D eigenvalue weighted by molar-refractivity contribution is 0.977. The third-order valence-electron chi connectivity index (χ3n) is 3.28. The van der Waals surface area contributed by atoms with Gasteiger partial charge in [0.2, 0.25) is 0 Å². The normalized spacial score (nSPS) is 16.8. The van der Waals surface area contributed by atoms with Gasteiger partial charge in [0.05, 0.1) is 0 Å². The lowest BCUT2D eigenvalue weighted by Gasteiger charge is -2.16. The monoisotopic (exact) mass is 332 g/mol. The Morgan fingerprint density at radius 1 is 1.29 bits per heavy atom. The molecule has 1 aromatic carbocycles. The minimum absolute atomic E-state index is 1.15. The molecule has 0 aliphatic heterocycles. The van der Waals surface area contributed by atoms with Crippen LogP contribution in [0.4, 0.5) is 0 Å². The van der Waals surface area contributed by atoms with Crippen LogP contribution in [0.3, 0.4) is 0 Å². The first-order valence-corrected chi connectivity index (χ1v) is 6.91. The van der Waals surface area contributed by atoms with Gasteiger partial charge >= 0.3 is 0 Å². The molecule has 1 aromatic rings. The molecule has 0 atom stereocenters. The fourth-order valence-electron chi connectivity index (χ4n) is 2.62. The first-order chi connectivity index (χ1) is 8.29. The van der Waals surface area contributed by atoms with E-state index in [0.29, 0.717) is 0 Å². The fraction of sp³-hybridized carbons (Fsp3) is 0.125. The van der Waals surface area contributed by atoms with E-state index in [1.54, 1.807) is 0 Å². The molecule has 3 rings (SSSR count). The van der Waals surface area contributed by atoms with Crippen LogP contribution in [-0.4, -0.2) is 0 Å². The highest BCUT2D eigenvalue weighted by Gasteiger charge is 2.23. The van der Waals surface area contributed by atoms with Gasteiger partial charge in [0.1, 0.15) is 0 Å². The van der Waals surface area contributed by atoms with E-state index in [1.807, 2.05) is 12.2 Å². The molecule has 84 valence electrons. The summed E-state index contributed by atoms with van der Waals surface area (Å²) < 4.78 is 1.34. The Morgan fingerprint density at radius 2 is 2.18 bits per heavy atom. The Balaban J connectivity index is 2.18. The number of allylic oxidation sites excluding steroid dienone is 6. The SMILES string of the molecule is C=C/C=C\C1=Cc2cc(I)cc3c2C1=CCC3. The molecular weight excluding hydrogens is 319 g/mol. The molecule has 0 bridgehead atoms. The Hall–Kier alpha value is -1.09. The summed E-state index contributed by atoms with van der Waals surface area (Å²) in [6.45, 7) is 3.73. The first kappa shape index (κ1) is 11.0. The highest BCUT2D eigenvalue weighted by molar-refractivity contribution is 14.1. The summed E-state index contributed by atoms with van der Waals surface area (Å²) in [6, 6.07) is 4.59. The largest absolute Gasteiger partial charge is 0.0991 e. The highest BCUT2D eigenvalue weighted by Crippen LogP contribution is 2.42. The van der Waals surface area contributed by atoms with Crippen molar-refractivity contribution in [2.75, 3.05) is 0 Å². The van der Waals surface area contributed by atoms with Gasteiger partial charge in [0.15, 0.2) is 0 Å². The average molecular weight is 332 g/mol. The molecule has 17 heavy (non-hydrogen) atoms. The van der Waals surface area contributed by atoms with Gasteiger partial charge in [-0.2, -0.15) is 0 Å². The predicted octanol–water partition coefficient (Wildman–Crippen LogP) is 4.76. The van der Waals surface area contributed by atoms with Gasteiger partial charge in [-0.25, -0.2) is 0 Å². The van der Waals surface area contributed by atoms with Crippen molar-refractivity contribution in [2.45, 2.75) is 12.8 Å². The zero-order chi connectivity index (χ0) is 11.8. The van der Waals surface area contributed by atoms with Gasteiger partial charge in [0.25, 0.3) is 0 Å². The number of hydrogen-bond donors (Lipinski definition) is 0. The second-order valence-electron chi connectivity index (χ2n) is 4.38. The Kier molecular flexibility index (Phi) is 2.79. The maximum absolute atomic E-state index is 3.73. The lowest BCUT2D eigenvalue weighted by Crippen LogP contribution is -2.00. The van der Waals surface area contributed by atoms with Crippen LogP contribution in [0.2, 0.25) is 0 Å². The Bertz CT molecular complexity index is 586. The van der Waals surface area contributed by atoms with E-state index < -0.39 is 0 Å². The standard InChI is InChI=1S/C16H13I/c1-2-3-5-11-8-13-10-14(17)9-12-6-4-7-15(11)16(12)13/h2-3,5,7-10H,1,4,6H2/b5-3-. The minimum Gasteiger partial charge on any atom is -0.0991 e. The number of halogens is 1. The minimum atomic E-state index is 1.15. The van der Waals surface area contributed by atoms with Gasteiger partial charge in [-0.15, -0.1) is 0 Å². The maximum Gasteiger partial charge on any atom is 0.0139 e. The summed E-state index contributed by atoms with van der Waals surface area (Å²) in [5, 5.41) is 0. The van der Waals surface area contributed by atoms with Gasteiger partial charge < -0.3 is 0 Å². The smallest absolute Gasteiger partial charge is 0.0139 e. The maximum atomic E-state index is 3.73. The summed E-state index contributed by atoms with van der Waals surface area (Å²) in [5.74, 6) is 0. The van der Waals surface area contributed by atoms with Crippen molar-refractivity contribution >= 4 is 34.2 Å². The molecule has 0 spiro atoms. The van der Waals surface area contributed by atoms with E-state index in [4.69, 9.17) is 0 Å². The van der Waals surface area contributed by atoms with Crippen LogP contribution < -0.4 is 0 Å². The molecule has 0 nitrogen and oxygen atoms in total. The molecule has 0 radical (unpaired) electrons. The van der Waals surface area contributed by atoms with E-state index in [0.717, 1.165) is 6.42 Å². The first-order valence-electron chi connectivity index (χ1n) is 5.84. The average Bonchev–Trinajstić information content (AvgIpc) is 2.66. The molecule has 2 aliphatic carbocycles. The van der Waals surface area contributed by atoms with E-state index in [1.165, 1.54) is 37.8 Å². The Morgan fingerprint density at radius 3 is 3.00 bits per heavy atom.